The number of hydrogen-bond acceptors (Lipinski definition) is 5. The van der Waals surface area contributed by atoms with Gasteiger partial charge < -0.3 is 19.8 Å². The monoisotopic (exact) mass is 435 g/mol. The van der Waals surface area contributed by atoms with Crippen LogP contribution < -0.4 is 4.90 Å². The first-order chi connectivity index (χ1) is 14.1. The van der Waals surface area contributed by atoms with E-state index in [0.29, 0.717) is 16.5 Å². The Bertz CT molecular complexity index is 806. The number of aliphatic hydroxyl groups excluding tert-OH is 1. The van der Waals surface area contributed by atoms with Crippen LogP contribution in [0.1, 0.15) is 67.9 Å². The van der Waals surface area contributed by atoms with Crippen LogP contribution in [0.25, 0.3) is 0 Å². The van der Waals surface area contributed by atoms with Crippen molar-refractivity contribution < 1.29 is 24.5 Å². The van der Waals surface area contributed by atoms with Gasteiger partial charge >= 0.3 is 5.97 Å². The molecule has 6 nitrogen and oxygen atoms in total. The molecule has 1 aromatic rings. The maximum absolute atomic E-state index is 13.5. The topological polar surface area (TPSA) is 87.1 Å². The average molecular weight is 436 g/mol. The highest BCUT2D eigenvalue weighted by molar-refractivity contribution is 7.15. The van der Waals surface area contributed by atoms with Crippen LogP contribution >= 0.6 is 11.3 Å². The molecule has 0 spiro atoms. The summed E-state index contributed by atoms with van der Waals surface area (Å²) in [6.07, 6.45) is 3.47. The minimum atomic E-state index is -1.11. The van der Waals surface area contributed by atoms with Crippen LogP contribution in [-0.4, -0.2) is 48.5 Å². The molecule has 0 radical (unpaired) electrons. The van der Waals surface area contributed by atoms with Gasteiger partial charge in [0.05, 0.1) is 29.8 Å². The Balaban J connectivity index is 2.51. The molecule has 1 aliphatic carbocycles. The molecule has 1 heterocycles. The van der Waals surface area contributed by atoms with E-state index in [-0.39, 0.29) is 35.3 Å². The van der Waals surface area contributed by atoms with Crippen LogP contribution in [0.5, 0.6) is 0 Å². The van der Waals surface area contributed by atoms with E-state index in [2.05, 4.69) is 18.8 Å². The van der Waals surface area contributed by atoms with Gasteiger partial charge in [-0.05, 0) is 58.4 Å². The summed E-state index contributed by atoms with van der Waals surface area (Å²) >= 11 is 1.06. The first kappa shape index (κ1) is 24.4. The Labute approximate surface area is 183 Å². The SMILES string of the molecule is COC[C@H](CO)N(C(=O)C1CCC(C)CC1)c1cc(C#CC(C)(C)C)sc1C(=O)O. The maximum atomic E-state index is 13.5. The second kappa shape index (κ2) is 10.4. The number of rotatable bonds is 7. The average Bonchev–Trinajstić information content (AvgIpc) is 3.10. The Hall–Kier alpha value is -1.88. The maximum Gasteiger partial charge on any atom is 0.348 e. The van der Waals surface area contributed by atoms with Gasteiger partial charge in [-0.15, -0.1) is 11.3 Å². The zero-order chi connectivity index (χ0) is 22.5. The lowest BCUT2D eigenvalue weighted by molar-refractivity contribution is -0.124. The molecule has 1 fully saturated rings. The summed E-state index contributed by atoms with van der Waals surface area (Å²) in [4.78, 5) is 27.6. The predicted molar refractivity (Wildman–Crippen MR) is 119 cm³/mol. The molecule has 1 atom stereocenters. The number of carbonyl (C=O) groups excluding carboxylic acids is 1. The largest absolute Gasteiger partial charge is 0.477 e. The number of thiophene rings is 1. The van der Waals surface area contributed by atoms with E-state index in [1.807, 2.05) is 20.8 Å². The van der Waals surface area contributed by atoms with E-state index in [1.165, 1.54) is 12.0 Å². The fraction of sp³-hybridized carbons (Fsp3) is 0.652. The number of anilines is 1. The van der Waals surface area contributed by atoms with E-state index in [0.717, 1.165) is 37.0 Å². The number of ether oxygens (including phenoxy) is 1. The molecule has 2 N–H and O–H groups in total. The zero-order valence-electron chi connectivity index (χ0n) is 18.5. The van der Waals surface area contributed by atoms with Crippen molar-refractivity contribution in [1.29, 1.82) is 0 Å². The quantitative estimate of drug-likeness (QED) is 0.632. The summed E-state index contributed by atoms with van der Waals surface area (Å²) in [6, 6.07) is 1.01. The van der Waals surface area contributed by atoms with Gasteiger partial charge in [0.15, 0.2) is 0 Å². The molecule has 0 aliphatic heterocycles. The van der Waals surface area contributed by atoms with Crippen LogP contribution in [0.3, 0.4) is 0 Å². The highest BCUT2D eigenvalue weighted by Gasteiger charge is 2.35. The summed E-state index contributed by atoms with van der Waals surface area (Å²) < 4.78 is 5.23. The zero-order valence-corrected chi connectivity index (χ0v) is 19.3. The summed E-state index contributed by atoms with van der Waals surface area (Å²) in [5, 5.41) is 19.8. The number of carbonyl (C=O) groups is 2. The minimum absolute atomic E-state index is 0.0558. The molecular weight excluding hydrogens is 402 g/mol. The number of aromatic carboxylic acids is 1. The van der Waals surface area contributed by atoms with Gasteiger partial charge in [0.25, 0.3) is 0 Å². The van der Waals surface area contributed by atoms with Gasteiger partial charge in [-0.1, -0.05) is 18.8 Å². The highest BCUT2D eigenvalue weighted by atomic mass is 32.1. The third-order valence-electron chi connectivity index (χ3n) is 5.26. The second-order valence-electron chi connectivity index (χ2n) is 9.09. The lowest BCUT2D eigenvalue weighted by atomic mass is 9.82. The molecule has 1 saturated carbocycles. The van der Waals surface area contributed by atoms with Gasteiger partial charge in [0.2, 0.25) is 5.91 Å². The van der Waals surface area contributed by atoms with Crippen molar-refractivity contribution in [3.63, 3.8) is 0 Å². The van der Waals surface area contributed by atoms with E-state index in [9.17, 15) is 19.8 Å². The standard InChI is InChI=1S/C23H33NO5S/c1-15-6-8-16(9-7-15)21(26)24(17(13-25)14-29-5)19-12-18(10-11-23(2,3)4)30-20(19)22(27)28/h12,15-17,25H,6-9,13-14H2,1-5H3,(H,27,28)/t15?,16?,17-/m0/s1. The number of hydrogen-bond donors (Lipinski definition) is 2. The lowest BCUT2D eigenvalue weighted by Crippen LogP contribution is -2.48. The van der Waals surface area contributed by atoms with Gasteiger partial charge in [-0.25, -0.2) is 4.79 Å². The van der Waals surface area contributed by atoms with Crippen LogP contribution in [-0.2, 0) is 9.53 Å². The lowest BCUT2D eigenvalue weighted by Gasteiger charge is -2.35. The predicted octanol–water partition coefficient (Wildman–Crippen LogP) is 4.01. The third-order valence-corrected chi connectivity index (χ3v) is 6.29. The normalized spacial score (nSPS) is 20.2. The first-order valence-corrected chi connectivity index (χ1v) is 11.2. The Morgan fingerprint density at radius 2 is 1.93 bits per heavy atom. The molecule has 1 amide bonds. The van der Waals surface area contributed by atoms with Gasteiger partial charge in [0, 0.05) is 18.4 Å². The van der Waals surface area contributed by atoms with Crippen LogP contribution in [0, 0.1) is 29.1 Å². The first-order valence-electron chi connectivity index (χ1n) is 10.4. The highest BCUT2D eigenvalue weighted by Crippen LogP contribution is 2.36. The van der Waals surface area contributed by atoms with Crippen LogP contribution in [0.2, 0.25) is 0 Å². The van der Waals surface area contributed by atoms with Gasteiger partial charge in [-0.2, -0.15) is 0 Å². The van der Waals surface area contributed by atoms with Crippen molar-refractivity contribution in [3.8, 4) is 11.8 Å². The number of nitrogens with zero attached hydrogens (tertiary/aromatic N) is 1. The summed E-state index contributed by atoms with van der Waals surface area (Å²) in [5.74, 6) is 5.31. The van der Waals surface area contributed by atoms with Crippen molar-refractivity contribution in [2.24, 2.45) is 17.3 Å². The molecule has 166 valence electrons. The molecule has 0 bridgehead atoms. The number of amides is 1. The van der Waals surface area contributed by atoms with E-state index in [4.69, 9.17) is 4.74 Å². The summed E-state index contributed by atoms with van der Waals surface area (Å²) in [6.45, 7) is 7.91. The number of aliphatic hydroxyl groups is 1. The fourth-order valence-corrected chi connectivity index (χ4v) is 4.47. The van der Waals surface area contributed by atoms with E-state index in [1.54, 1.807) is 6.07 Å². The van der Waals surface area contributed by atoms with Crippen LogP contribution in [0.4, 0.5) is 5.69 Å². The van der Waals surface area contributed by atoms with E-state index < -0.39 is 12.0 Å². The smallest absolute Gasteiger partial charge is 0.348 e. The minimum Gasteiger partial charge on any atom is -0.477 e. The van der Waals surface area contributed by atoms with Crippen molar-refractivity contribution in [3.05, 3.63) is 15.8 Å². The molecule has 30 heavy (non-hydrogen) atoms. The van der Waals surface area contributed by atoms with Crippen molar-refractivity contribution >= 4 is 28.9 Å². The van der Waals surface area contributed by atoms with Crippen LogP contribution in [0.15, 0.2) is 6.07 Å². The molecule has 1 aromatic heterocycles. The number of methoxy groups -OCH3 is 1. The summed E-state index contributed by atoms with van der Waals surface area (Å²) in [5.41, 5.74) is 0.0661. The Kier molecular flexibility index (Phi) is 8.48. The van der Waals surface area contributed by atoms with E-state index >= 15 is 0 Å². The molecule has 0 unspecified atom stereocenters. The van der Waals surface area contributed by atoms with Crippen molar-refractivity contribution in [1.82, 2.24) is 0 Å². The van der Waals surface area contributed by atoms with Gasteiger partial charge in [-0.3, -0.25) is 4.79 Å². The molecule has 2 rings (SSSR count). The second-order valence-corrected chi connectivity index (χ2v) is 10.1. The molecular formula is C23H33NO5S. The van der Waals surface area contributed by atoms with Crippen molar-refractivity contribution in [2.75, 3.05) is 25.2 Å². The molecule has 7 heteroatoms. The number of carboxylic acid groups (broad SMARTS) is 1. The number of carboxylic acids is 1. The Morgan fingerprint density at radius 3 is 2.43 bits per heavy atom. The Morgan fingerprint density at radius 1 is 1.30 bits per heavy atom. The van der Waals surface area contributed by atoms with Gasteiger partial charge in [0.1, 0.15) is 4.88 Å². The fourth-order valence-electron chi connectivity index (χ4n) is 3.62. The molecule has 1 aliphatic rings. The molecule has 0 saturated heterocycles. The third kappa shape index (κ3) is 6.31. The summed E-state index contributed by atoms with van der Waals surface area (Å²) in [7, 11) is 1.50. The van der Waals surface area contributed by atoms with Crippen molar-refractivity contribution in [2.45, 2.75) is 59.4 Å². The molecule has 0 aromatic carbocycles.